The van der Waals surface area contributed by atoms with Crippen LogP contribution in [-0.4, -0.2) is 46.6 Å². The molecule has 1 aliphatic heterocycles. The summed E-state index contributed by atoms with van der Waals surface area (Å²) in [5, 5.41) is 11.7. The van der Waals surface area contributed by atoms with E-state index in [4.69, 9.17) is 19.2 Å². The molecule has 0 saturated carbocycles. The Morgan fingerprint density at radius 3 is 2.45 bits per heavy atom. The molecule has 1 amide bonds. The van der Waals surface area contributed by atoms with Crippen LogP contribution in [-0.2, 0) is 9.59 Å². The van der Waals surface area contributed by atoms with E-state index >= 15 is 0 Å². The van der Waals surface area contributed by atoms with E-state index in [1.807, 2.05) is 32.0 Å². The van der Waals surface area contributed by atoms with Gasteiger partial charge in [0.2, 0.25) is 0 Å². The first kappa shape index (κ1) is 29.1. The average molecular weight is 588 g/mol. The predicted octanol–water partition coefficient (Wildman–Crippen LogP) is 6.54. The van der Waals surface area contributed by atoms with Crippen LogP contribution in [0.4, 0.5) is 5.13 Å². The predicted molar refractivity (Wildman–Crippen MR) is 162 cm³/mol. The number of rotatable bonds is 11. The molecule has 0 aliphatic carbocycles. The van der Waals surface area contributed by atoms with E-state index in [1.165, 1.54) is 28.6 Å². The van der Waals surface area contributed by atoms with Crippen molar-refractivity contribution >= 4 is 44.1 Å². The Morgan fingerprint density at radius 1 is 0.976 bits per heavy atom. The minimum absolute atomic E-state index is 0.0450. The molecule has 0 spiro atoms. The van der Waals surface area contributed by atoms with Crippen molar-refractivity contribution in [2.45, 2.75) is 40.2 Å². The van der Waals surface area contributed by atoms with E-state index in [2.05, 4.69) is 18.8 Å². The molecule has 1 saturated heterocycles. The third kappa shape index (κ3) is 5.80. The Morgan fingerprint density at radius 2 is 1.74 bits per heavy atom. The maximum atomic E-state index is 13.7. The van der Waals surface area contributed by atoms with Crippen molar-refractivity contribution in [2.75, 3.05) is 24.7 Å². The second-order valence-electron chi connectivity index (χ2n) is 10.1. The molecule has 10 heteroatoms. The van der Waals surface area contributed by atoms with Crippen molar-refractivity contribution in [3.8, 4) is 17.2 Å². The zero-order valence-electron chi connectivity index (χ0n) is 24.0. The molecular formula is C32H33N3O6S. The van der Waals surface area contributed by atoms with E-state index in [0.29, 0.717) is 64.8 Å². The molecule has 2 aromatic carbocycles. The molecule has 1 aliphatic rings. The highest BCUT2D eigenvalue weighted by Gasteiger charge is 2.48. The number of benzene rings is 2. The summed E-state index contributed by atoms with van der Waals surface area (Å²) in [5.74, 6) is 0.332. The van der Waals surface area contributed by atoms with Crippen molar-refractivity contribution in [1.82, 2.24) is 9.97 Å². The number of hydrogen-bond donors (Lipinski definition) is 1. The summed E-state index contributed by atoms with van der Waals surface area (Å²) >= 11 is 1.27. The van der Waals surface area contributed by atoms with Gasteiger partial charge in [-0.15, -0.1) is 0 Å². The van der Waals surface area contributed by atoms with Gasteiger partial charge in [0.25, 0.3) is 5.78 Å². The molecule has 3 heterocycles. The lowest BCUT2D eigenvalue weighted by molar-refractivity contribution is -0.132. The van der Waals surface area contributed by atoms with Crippen LogP contribution in [0.1, 0.15) is 51.3 Å². The minimum atomic E-state index is -0.964. The number of fused-ring (bicyclic) bond motifs is 1. The number of Topliss-reactive ketones (excluding diaryl/α,β-unsaturated/α-hetero) is 1. The molecule has 5 rings (SSSR count). The first-order valence-corrected chi connectivity index (χ1v) is 14.8. The highest BCUT2D eigenvalue weighted by atomic mass is 32.1. The Kier molecular flexibility index (Phi) is 8.72. The van der Waals surface area contributed by atoms with Crippen LogP contribution in [0, 0.1) is 5.92 Å². The number of ketones is 1. The largest absolute Gasteiger partial charge is 0.507 e. The normalized spacial score (nSPS) is 16.4. The third-order valence-corrected chi connectivity index (χ3v) is 7.82. The van der Waals surface area contributed by atoms with Crippen LogP contribution < -0.4 is 19.1 Å². The van der Waals surface area contributed by atoms with Crippen LogP contribution in [0.3, 0.4) is 0 Å². The Hall–Kier alpha value is -4.44. The Balaban J connectivity index is 1.65. The van der Waals surface area contributed by atoms with Gasteiger partial charge in [-0.05, 0) is 74.2 Å². The summed E-state index contributed by atoms with van der Waals surface area (Å²) in [6.45, 7) is 9.46. The van der Waals surface area contributed by atoms with Gasteiger partial charge < -0.3 is 19.3 Å². The SMILES string of the molecule is CCOc1ccc2nc(N3C(=O)C(=O)C(=C(O)c4ccncc4)C3c3ccc(OCCC(C)C)c(OCC)c3)sc2c1. The molecule has 0 radical (unpaired) electrons. The Labute approximate surface area is 248 Å². The zero-order chi connectivity index (χ0) is 29.8. The first-order chi connectivity index (χ1) is 20.3. The highest BCUT2D eigenvalue weighted by molar-refractivity contribution is 7.22. The zero-order valence-corrected chi connectivity index (χ0v) is 24.8. The number of anilines is 1. The van der Waals surface area contributed by atoms with E-state index in [-0.39, 0.29) is 11.3 Å². The summed E-state index contributed by atoms with van der Waals surface area (Å²) < 4.78 is 18.4. The number of pyridine rings is 1. The third-order valence-electron chi connectivity index (χ3n) is 6.80. The lowest BCUT2D eigenvalue weighted by Gasteiger charge is -2.24. The number of aliphatic hydroxyl groups is 1. The molecule has 4 aromatic rings. The quantitative estimate of drug-likeness (QED) is 0.120. The number of aromatic nitrogens is 2. The maximum Gasteiger partial charge on any atom is 0.301 e. The number of thiazole rings is 1. The van der Waals surface area contributed by atoms with Crippen LogP contribution in [0.5, 0.6) is 17.2 Å². The van der Waals surface area contributed by atoms with E-state index < -0.39 is 17.7 Å². The summed E-state index contributed by atoms with van der Waals surface area (Å²) in [6.07, 6.45) is 3.91. The molecule has 0 bridgehead atoms. The highest BCUT2D eigenvalue weighted by Crippen LogP contribution is 2.46. The van der Waals surface area contributed by atoms with Crippen LogP contribution >= 0.6 is 11.3 Å². The fourth-order valence-corrected chi connectivity index (χ4v) is 5.77. The molecule has 1 N–H and O–H groups in total. The van der Waals surface area contributed by atoms with Gasteiger partial charge in [-0.1, -0.05) is 31.3 Å². The van der Waals surface area contributed by atoms with E-state index in [0.717, 1.165) is 11.1 Å². The van der Waals surface area contributed by atoms with Gasteiger partial charge in [0.05, 0.1) is 41.7 Å². The van der Waals surface area contributed by atoms with Gasteiger partial charge in [-0.25, -0.2) is 4.98 Å². The van der Waals surface area contributed by atoms with Gasteiger partial charge in [0.1, 0.15) is 11.5 Å². The smallest absolute Gasteiger partial charge is 0.301 e. The Bertz CT molecular complexity index is 1630. The molecule has 9 nitrogen and oxygen atoms in total. The van der Waals surface area contributed by atoms with Crippen molar-refractivity contribution < 1.29 is 28.9 Å². The average Bonchev–Trinajstić information content (AvgIpc) is 3.51. The summed E-state index contributed by atoms with van der Waals surface area (Å²) in [4.78, 5) is 37.3. The molecule has 218 valence electrons. The fourth-order valence-electron chi connectivity index (χ4n) is 4.75. The van der Waals surface area contributed by atoms with Crippen molar-refractivity contribution in [3.63, 3.8) is 0 Å². The monoisotopic (exact) mass is 587 g/mol. The van der Waals surface area contributed by atoms with Crippen LogP contribution in [0.15, 0.2) is 66.5 Å². The number of hydrogen-bond acceptors (Lipinski definition) is 9. The lowest BCUT2D eigenvalue weighted by Crippen LogP contribution is -2.29. The number of carbonyl (C=O) groups is 2. The molecule has 1 fully saturated rings. The van der Waals surface area contributed by atoms with Crippen molar-refractivity contribution in [2.24, 2.45) is 5.92 Å². The number of ether oxygens (including phenoxy) is 3. The topological polar surface area (TPSA) is 111 Å². The fraction of sp³-hybridized carbons (Fsp3) is 0.312. The maximum absolute atomic E-state index is 13.7. The number of carbonyl (C=O) groups excluding carboxylic acids is 2. The van der Waals surface area contributed by atoms with Gasteiger partial charge in [0.15, 0.2) is 16.6 Å². The van der Waals surface area contributed by atoms with Gasteiger partial charge in [0, 0.05) is 18.0 Å². The molecule has 1 unspecified atom stereocenters. The van der Waals surface area contributed by atoms with Gasteiger partial charge in [-0.2, -0.15) is 0 Å². The van der Waals surface area contributed by atoms with Crippen LogP contribution in [0.25, 0.3) is 16.0 Å². The van der Waals surface area contributed by atoms with Gasteiger partial charge in [-0.3, -0.25) is 19.5 Å². The van der Waals surface area contributed by atoms with Crippen molar-refractivity contribution in [1.29, 1.82) is 0 Å². The molecule has 2 aromatic heterocycles. The second kappa shape index (κ2) is 12.6. The minimum Gasteiger partial charge on any atom is -0.507 e. The van der Waals surface area contributed by atoms with E-state index in [1.54, 1.807) is 30.3 Å². The van der Waals surface area contributed by atoms with Crippen LogP contribution in [0.2, 0.25) is 0 Å². The van der Waals surface area contributed by atoms with Gasteiger partial charge >= 0.3 is 5.91 Å². The number of amides is 1. The number of aliphatic hydroxyl groups excluding tert-OH is 1. The number of nitrogens with zero attached hydrogens (tertiary/aromatic N) is 3. The lowest BCUT2D eigenvalue weighted by atomic mass is 9.95. The van der Waals surface area contributed by atoms with E-state index in [9.17, 15) is 14.7 Å². The second-order valence-corrected chi connectivity index (χ2v) is 11.1. The molecule has 42 heavy (non-hydrogen) atoms. The molecule has 1 atom stereocenters. The standard InChI is InChI=1S/C32H33N3O6S/c1-5-39-22-8-9-23-26(18-22)42-32(34-23)35-28(27(30(37)31(35)38)29(36)20-11-14-33-15-12-20)21-7-10-24(25(17-21)40-6-2)41-16-13-19(3)4/h7-12,14-15,17-19,28,36H,5-6,13,16H2,1-4H3. The summed E-state index contributed by atoms with van der Waals surface area (Å²) in [6, 6.07) is 13.0. The summed E-state index contributed by atoms with van der Waals surface area (Å²) in [7, 11) is 0. The first-order valence-electron chi connectivity index (χ1n) is 14.0. The summed E-state index contributed by atoms with van der Waals surface area (Å²) in [5.41, 5.74) is 1.56. The van der Waals surface area contributed by atoms with Crippen molar-refractivity contribution in [3.05, 3.63) is 77.6 Å². The molecular weight excluding hydrogens is 554 g/mol.